The quantitative estimate of drug-likeness (QED) is 0.360. The number of rotatable bonds is 6. The average Bonchev–Trinajstić information content (AvgIpc) is 2.61. The summed E-state index contributed by atoms with van der Waals surface area (Å²) in [6.07, 6.45) is 0.263. The highest BCUT2D eigenvalue weighted by molar-refractivity contribution is 5.99. The number of hydrogen-bond acceptors (Lipinski definition) is 4. The van der Waals surface area contributed by atoms with Crippen molar-refractivity contribution in [2.24, 2.45) is 5.11 Å². The van der Waals surface area contributed by atoms with Crippen molar-refractivity contribution >= 4 is 17.6 Å². The highest BCUT2D eigenvalue weighted by Gasteiger charge is 2.24. The molecule has 2 rings (SSSR count). The van der Waals surface area contributed by atoms with Crippen LogP contribution in [-0.2, 0) is 16.0 Å². The molecule has 0 fully saturated rings. The number of nitrogens with one attached hydrogen (secondary N) is 1. The van der Waals surface area contributed by atoms with E-state index in [9.17, 15) is 9.59 Å². The number of hydrogen-bond donors (Lipinski definition) is 1. The van der Waals surface area contributed by atoms with Crippen LogP contribution in [0.4, 0.5) is 5.69 Å². The number of esters is 1. The zero-order chi connectivity index (χ0) is 20.0. The maximum Gasteiger partial charge on any atom is 0.328 e. The molecule has 1 amide bonds. The van der Waals surface area contributed by atoms with E-state index in [0.717, 1.165) is 22.3 Å². The molecule has 0 bridgehead atoms. The Kier molecular flexibility index (Phi) is 6.57. The van der Waals surface area contributed by atoms with Gasteiger partial charge in [0.15, 0.2) is 0 Å². The minimum absolute atomic E-state index is 0.263. The van der Waals surface area contributed by atoms with Gasteiger partial charge in [0.05, 0.1) is 7.11 Å². The molecule has 1 N–H and O–H groups in total. The van der Waals surface area contributed by atoms with E-state index in [-0.39, 0.29) is 12.3 Å². The summed E-state index contributed by atoms with van der Waals surface area (Å²) in [5.41, 5.74) is 13.1. The first-order valence-corrected chi connectivity index (χ1v) is 8.46. The van der Waals surface area contributed by atoms with E-state index in [4.69, 9.17) is 10.3 Å². The van der Waals surface area contributed by atoms with Crippen molar-refractivity contribution in [1.29, 1.82) is 0 Å². The van der Waals surface area contributed by atoms with Crippen LogP contribution in [0.25, 0.3) is 10.4 Å². The highest BCUT2D eigenvalue weighted by atomic mass is 16.5. The molecule has 0 unspecified atom stereocenters. The number of nitrogens with zero attached hydrogens (tertiary/aromatic N) is 3. The van der Waals surface area contributed by atoms with E-state index < -0.39 is 12.0 Å². The van der Waals surface area contributed by atoms with Gasteiger partial charge in [0.2, 0.25) is 0 Å². The van der Waals surface area contributed by atoms with Crippen molar-refractivity contribution in [2.75, 3.05) is 7.11 Å². The molecular formula is C20H22N4O3. The predicted octanol–water partition coefficient (Wildman–Crippen LogP) is 4.07. The van der Waals surface area contributed by atoms with Crippen LogP contribution in [0, 0.1) is 20.8 Å². The summed E-state index contributed by atoms with van der Waals surface area (Å²) < 4.78 is 4.84. The fourth-order valence-electron chi connectivity index (χ4n) is 3.09. The lowest BCUT2D eigenvalue weighted by Gasteiger charge is -2.18. The molecule has 1 atom stereocenters. The molecule has 0 spiro atoms. The molecule has 0 aliphatic heterocycles. The van der Waals surface area contributed by atoms with Gasteiger partial charge in [-0.15, -0.1) is 0 Å². The van der Waals surface area contributed by atoms with E-state index >= 15 is 0 Å². The third kappa shape index (κ3) is 5.09. The Morgan fingerprint density at radius 1 is 1.15 bits per heavy atom. The number of carbonyl (C=O) groups is 2. The number of carbonyl (C=O) groups excluding carboxylic acids is 2. The molecule has 0 heterocycles. The summed E-state index contributed by atoms with van der Waals surface area (Å²) in [6.45, 7) is 5.71. The summed E-state index contributed by atoms with van der Waals surface area (Å²) in [7, 11) is 1.29. The van der Waals surface area contributed by atoms with Crippen molar-refractivity contribution in [3.05, 3.63) is 74.7 Å². The molecule has 7 nitrogen and oxygen atoms in total. The van der Waals surface area contributed by atoms with Crippen LogP contribution in [-0.4, -0.2) is 25.0 Å². The highest BCUT2D eigenvalue weighted by Crippen LogP contribution is 2.18. The van der Waals surface area contributed by atoms with Crippen molar-refractivity contribution in [1.82, 2.24) is 5.32 Å². The number of amides is 1. The third-order valence-corrected chi connectivity index (χ3v) is 4.23. The SMILES string of the molecule is COC(=O)[C@H](Cc1ccc(N=[N+]=[N-])cc1)NC(=O)c1c(C)cc(C)cc1C. The molecule has 0 aromatic heterocycles. The van der Waals surface area contributed by atoms with Gasteiger partial charge in [0.1, 0.15) is 6.04 Å². The van der Waals surface area contributed by atoms with Crippen LogP contribution < -0.4 is 5.32 Å². The zero-order valence-electron chi connectivity index (χ0n) is 15.8. The molecule has 27 heavy (non-hydrogen) atoms. The first kappa shape index (κ1) is 20.0. The van der Waals surface area contributed by atoms with Crippen LogP contribution in [0.15, 0.2) is 41.5 Å². The molecule has 0 saturated carbocycles. The second kappa shape index (κ2) is 8.87. The van der Waals surface area contributed by atoms with E-state index in [1.54, 1.807) is 24.3 Å². The molecule has 0 aliphatic carbocycles. The normalized spacial score (nSPS) is 11.3. The fourth-order valence-corrected chi connectivity index (χ4v) is 3.09. The van der Waals surface area contributed by atoms with Gasteiger partial charge in [-0.1, -0.05) is 47.1 Å². The van der Waals surface area contributed by atoms with Crippen LogP contribution in [0.1, 0.15) is 32.6 Å². The van der Waals surface area contributed by atoms with Gasteiger partial charge >= 0.3 is 5.97 Å². The van der Waals surface area contributed by atoms with Crippen LogP contribution in [0.2, 0.25) is 0 Å². The Morgan fingerprint density at radius 2 is 1.74 bits per heavy atom. The lowest BCUT2D eigenvalue weighted by Crippen LogP contribution is -2.43. The van der Waals surface area contributed by atoms with Gasteiger partial charge in [0, 0.05) is 22.6 Å². The van der Waals surface area contributed by atoms with Gasteiger partial charge in [-0.05, 0) is 43.0 Å². The van der Waals surface area contributed by atoms with Crippen molar-refractivity contribution in [2.45, 2.75) is 33.2 Å². The van der Waals surface area contributed by atoms with E-state index in [0.29, 0.717) is 11.3 Å². The predicted molar refractivity (Wildman–Crippen MR) is 103 cm³/mol. The second-order valence-electron chi connectivity index (χ2n) is 6.38. The van der Waals surface area contributed by atoms with E-state index in [2.05, 4.69) is 15.3 Å². The van der Waals surface area contributed by atoms with Gasteiger partial charge < -0.3 is 10.1 Å². The molecule has 2 aromatic carbocycles. The second-order valence-corrected chi connectivity index (χ2v) is 6.38. The summed E-state index contributed by atoms with van der Waals surface area (Å²) in [4.78, 5) is 27.7. The molecule has 0 aliphatic rings. The van der Waals surface area contributed by atoms with Crippen molar-refractivity contribution < 1.29 is 14.3 Å². The maximum atomic E-state index is 12.8. The Bertz CT molecular complexity index is 877. The fraction of sp³-hybridized carbons (Fsp3) is 0.300. The minimum Gasteiger partial charge on any atom is -0.467 e. The van der Waals surface area contributed by atoms with Crippen LogP contribution in [0.3, 0.4) is 0 Å². The molecule has 0 radical (unpaired) electrons. The third-order valence-electron chi connectivity index (χ3n) is 4.23. The largest absolute Gasteiger partial charge is 0.467 e. The molecule has 7 heteroatoms. The Labute approximate surface area is 158 Å². The van der Waals surface area contributed by atoms with E-state index in [1.165, 1.54) is 7.11 Å². The monoisotopic (exact) mass is 366 g/mol. The van der Waals surface area contributed by atoms with Gasteiger partial charge in [-0.2, -0.15) is 0 Å². The minimum atomic E-state index is -0.826. The molecule has 0 saturated heterocycles. The number of benzene rings is 2. The summed E-state index contributed by atoms with van der Waals surface area (Å²) in [6, 6.07) is 9.84. The number of aryl methyl sites for hydroxylation is 3. The maximum absolute atomic E-state index is 12.8. The first-order valence-electron chi connectivity index (χ1n) is 8.46. The topological polar surface area (TPSA) is 104 Å². The van der Waals surface area contributed by atoms with E-state index in [1.807, 2.05) is 32.9 Å². The molecular weight excluding hydrogens is 344 g/mol. The van der Waals surface area contributed by atoms with Gasteiger partial charge in [-0.25, -0.2) is 4.79 Å². The standard InChI is InChI=1S/C20H22N4O3/c1-12-9-13(2)18(14(3)10-12)19(25)22-17(20(26)27-4)11-15-5-7-16(8-6-15)23-24-21/h5-10,17H,11H2,1-4H3,(H,22,25)/t17-/m0/s1. The summed E-state index contributed by atoms with van der Waals surface area (Å²) >= 11 is 0. The van der Waals surface area contributed by atoms with Crippen molar-refractivity contribution in [3.63, 3.8) is 0 Å². The smallest absolute Gasteiger partial charge is 0.328 e. The summed E-state index contributed by atoms with van der Waals surface area (Å²) in [5.74, 6) is -0.837. The first-order chi connectivity index (χ1) is 12.8. The summed E-state index contributed by atoms with van der Waals surface area (Å²) in [5, 5.41) is 6.29. The average molecular weight is 366 g/mol. The van der Waals surface area contributed by atoms with Gasteiger partial charge in [0.25, 0.3) is 5.91 Å². The molecule has 2 aromatic rings. The number of ether oxygens (including phenoxy) is 1. The lowest BCUT2D eigenvalue weighted by atomic mass is 9.98. The lowest BCUT2D eigenvalue weighted by molar-refractivity contribution is -0.142. The van der Waals surface area contributed by atoms with Crippen LogP contribution in [0.5, 0.6) is 0 Å². The number of methoxy groups -OCH3 is 1. The molecule has 140 valence electrons. The van der Waals surface area contributed by atoms with Gasteiger partial charge in [-0.3, -0.25) is 4.79 Å². The number of azide groups is 1. The Balaban J connectivity index is 2.23. The van der Waals surface area contributed by atoms with Crippen molar-refractivity contribution in [3.8, 4) is 0 Å². The van der Waals surface area contributed by atoms with Crippen LogP contribution >= 0.6 is 0 Å². The Morgan fingerprint density at radius 3 is 2.26 bits per heavy atom. The zero-order valence-corrected chi connectivity index (χ0v) is 15.8. The Hall–Kier alpha value is -3.31.